The third kappa shape index (κ3) is 5.39. The van der Waals surface area contributed by atoms with Crippen molar-refractivity contribution in [2.24, 2.45) is 5.92 Å². The first kappa shape index (κ1) is 16.9. The third-order valence-electron chi connectivity index (χ3n) is 3.99. The lowest BCUT2D eigenvalue weighted by molar-refractivity contribution is 0.000703. The molecule has 0 radical (unpaired) electrons. The predicted octanol–water partition coefficient (Wildman–Crippen LogP) is 4.00. The van der Waals surface area contributed by atoms with E-state index in [1.54, 1.807) is 0 Å². The lowest BCUT2D eigenvalue weighted by atomic mass is 9.76. The first-order valence-corrected chi connectivity index (χ1v) is 8.18. The van der Waals surface area contributed by atoms with Gasteiger partial charge < -0.3 is 4.43 Å². The number of hydrogen-bond acceptors (Lipinski definition) is 1. The van der Waals surface area contributed by atoms with Crippen molar-refractivity contribution in [3.63, 3.8) is 0 Å². The quantitative estimate of drug-likeness (QED) is 0.401. The van der Waals surface area contributed by atoms with E-state index in [0.717, 1.165) is 16.9 Å². The van der Waals surface area contributed by atoms with Crippen molar-refractivity contribution in [2.75, 3.05) is 0 Å². The average molecular weight is 257 g/mol. The standard InChI is InChI=1S/C15H32OSi/c1-5-9-11-14(8-4)15(16-17,12-7-3)13-10-6-2/h7,14H,3,5-6,8-13H2,1-2,4,17H3. The molecule has 1 nitrogen and oxygen atoms in total. The SMILES string of the molecule is C=CCC(CCCC)(O[SiH3])C(CC)CCCC. The van der Waals surface area contributed by atoms with Crippen molar-refractivity contribution < 1.29 is 4.43 Å². The zero-order valence-electron chi connectivity index (χ0n) is 12.4. The van der Waals surface area contributed by atoms with Crippen LogP contribution in [0.5, 0.6) is 0 Å². The second-order valence-electron chi connectivity index (χ2n) is 5.11. The van der Waals surface area contributed by atoms with Gasteiger partial charge in [0.2, 0.25) is 0 Å². The van der Waals surface area contributed by atoms with Crippen LogP contribution in [0.15, 0.2) is 12.7 Å². The van der Waals surface area contributed by atoms with Crippen LogP contribution in [0.3, 0.4) is 0 Å². The molecule has 0 aliphatic heterocycles. The molecule has 0 bridgehead atoms. The van der Waals surface area contributed by atoms with Crippen LogP contribution in [-0.2, 0) is 4.43 Å². The van der Waals surface area contributed by atoms with Crippen molar-refractivity contribution in [3.8, 4) is 0 Å². The second kappa shape index (κ2) is 9.90. The third-order valence-corrected chi connectivity index (χ3v) is 4.81. The van der Waals surface area contributed by atoms with Crippen LogP contribution in [0.4, 0.5) is 0 Å². The molecule has 17 heavy (non-hydrogen) atoms. The van der Waals surface area contributed by atoms with Crippen molar-refractivity contribution in [3.05, 3.63) is 12.7 Å². The first-order chi connectivity index (χ1) is 8.20. The summed E-state index contributed by atoms with van der Waals surface area (Å²) in [7, 11) is 0.840. The Morgan fingerprint density at radius 3 is 2.29 bits per heavy atom. The van der Waals surface area contributed by atoms with Gasteiger partial charge >= 0.3 is 0 Å². The van der Waals surface area contributed by atoms with Gasteiger partial charge in [0, 0.05) is 0 Å². The molecule has 0 aromatic heterocycles. The summed E-state index contributed by atoms with van der Waals surface area (Å²) in [5.41, 5.74) is 0.105. The maximum Gasteiger partial charge on any atom is 0.146 e. The molecule has 0 amide bonds. The normalized spacial score (nSPS) is 16.6. The Balaban J connectivity index is 4.72. The Morgan fingerprint density at radius 2 is 1.88 bits per heavy atom. The smallest absolute Gasteiger partial charge is 0.146 e. The van der Waals surface area contributed by atoms with E-state index in [1.807, 2.05) is 0 Å². The molecule has 2 heteroatoms. The highest BCUT2D eigenvalue weighted by molar-refractivity contribution is 5.98. The Kier molecular flexibility index (Phi) is 9.85. The molecule has 0 rings (SSSR count). The van der Waals surface area contributed by atoms with Crippen LogP contribution in [0.25, 0.3) is 0 Å². The minimum atomic E-state index is 0.105. The minimum Gasteiger partial charge on any atom is -0.422 e. The van der Waals surface area contributed by atoms with Gasteiger partial charge in [0.05, 0.1) is 5.60 Å². The minimum absolute atomic E-state index is 0.105. The molecule has 0 heterocycles. The molecule has 0 aliphatic rings. The van der Waals surface area contributed by atoms with E-state index in [1.165, 1.54) is 44.9 Å². The Hall–Kier alpha value is -0.0831. The lowest BCUT2D eigenvalue weighted by Gasteiger charge is -2.40. The topological polar surface area (TPSA) is 9.23 Å². The van der Waals surface area contributed by atoms with Crippen molar-refractivity contribution >= 4 is 10.5 Å². The molecule has 0 aromatic carbocycles. The zero-order chi connectivity index (χ0) is 13.1. The van der Waals surface area contributed by atoms with Crippen LogP contribution in [0.1, 0.15) is 72.1 Å². The van der Waals surface area contributed by atoms with Crippen LogP contribution < -0.4 is 0 Å². The summed E-state index contributed by atoms with van der Waals surface area (Å²) in [4.78, 5) is 0. The predicted molar refractivity (Wildman–Crippen MR) is 81.4 cm³/mol. The molecule has 0 aromatic rings. The van der Waals surface area contributed by atoms with E-state index in [2.05, 4.69) is 33.4 Å². The van der Waals surface area contributed by atoms with Gasteiger partial charge in [-0.15, -0.1) is 6.58 Å². The lowest BCUT2D eigenvalue weighted by Crippen LogP contribution is -2.40. The molecule has 2 unspecified atom stereocenters. The van der Waals surface area contributed by atoms with E-state index in [9.17, 15) is 0 Å². The summed E-state index contributed by atoms with van der Waals surface area (Å²) in [6, 6.07) is 0. The van der Waals surface area contributed by atoms with Crippen molar-refractivity contribution in [1.82, 2.24) is 0 Å². The summed E-state index contributed by atoms with van der Waals surface area (Å²) < 4.78 is 6.10. The summed E-state index contributed by atoms with van der Waals surface area (Å²) in [5.74, 6) is 0.712. The molecule has 0 N–H and O–H groups in total. The Labute approximate surface area is 112 Å². The molecule has 0 aliphatic carbocycles. The van der Waals surface area contributed by atoms with Gasteiger partial charge in [0.25, 0.3) is 0 Å². The maximum absolute atomic E-state index is 6.10. The second-order valence-corrected chi connectivity index (χ2v) is 5.52. The summed E-state index contributed by atoms with van der Waals surface area (Å²) in [6.45, 7) is 10.8. The van der Waals surface area contributed by atoms with Crippen molar-refractivity contribution in [2.45, 2.75) is 77.7 Å². The summed E-state index contributed by atoms with van der Waals surface area (Å²) in [6.07, 6.45) is 12.0. The van der Waals surface area contributed by atoms with Crippen LogP contribution in [0, 0.1) is 5.92 Å². The Bertz CT molecular complexity index is 193. The van der Waals surface area contributed by atoms with Crippen molar-refractivity contribution in [1.29, 1.82) is 0 Å². The molecule has 0 fully saturated rings. The molecule has 0 saturated carbocycles. The van der Waals surface area contributed by atoms with Gasteiger partial charge in [0.15, 0.2) is 0 Å². The number of unbranched alkanes of at least 4 members (excludes halogenated alkanes) is 2. The Morgan fingerprint density at radius 1 is 1.24 bits per heavy atom. The molecular formula is C15H32OSi. The first-order valence-electron chi connectivity index (χ1n) is 7.36. The highest BCUT2D eigenvalue weighted by Gasteiger charge is 2.34. The van der Waals surface area contributed by atoms with Gasteiger partial charge in [-0.05, 0) is 25.2 Å². The van der Waals surface area contributed by atoms with Gasteiger partial charge in [-0.25, -0.2) is 0 Å². The van der Waals surface area contributed by atoms with E-state index >= 15 is 0 Å². The highest BCUT2D eigenvalue weighted by Crippen LogP contribution is 2.36. The average Bonchev–Trinajstić information content (AvgIpc) is 2.36. The molecule has 2 atom stereocenters. The van der Waals surface area contributed by atoms with Crippen LogP contribution in [0.2, 0.25) is 0 Å². The molecular weight excluding hydrogens is 224 g/mol. The van der Waals surface area contributed by atoms with Crippen LogP contribution >= 0.6 is 0 Å². The van der Waals surface area contributed by atoms with E-state index in [0.29, 0.717) is 5.92 Å². The zero-order valence-corrected chi connectivity index (χ0v) is 14.4. The summed E-state index contributed by atoms with van der Waals surface area (Å²) >= 11 is 0. The fourth-order valence-electron chi connectivity index (χ4n) is 2.83. The largest absolute Gasteiger partial charge is 0.422 e. The number of rotatable bonds is 11. The van der Waals surface area contributed by atoms with Crippen LogP contribution in [-0.4, -0.2) is 16.1 Å². The number of hydrogen-bond donors (Lipinski definition) is 0. The molecule has 0 spiro atoms. The van der Waals surface area contributed by atoms with Gasteiger partial charge in [-0.3, -0.25) is 0 Å². The molecule has 102 valence electrons. The maximum atomic E-state index is 6.10. The van der Waals surface area contributed by atoms with Gasteiger partial charge in [-0.2, -0.15) is 0 Å². The fourth-order valence-corrected chi connectivity index (χ4v) is 3.54. The molecule has 0 saturated heterocycles. The summed E-state index contributed by atoms with van der Waals surface area (Å²) in [5, 5.41) is 0. The van der Waals surface area contributed by atoms with E-state index in [4.69, 9.17) is 4.43 Å². The van der Waals surface area contributed by atoms with E-state index < -0.39 is 0 Å². The van der Waals surface area contributed by atoms with Gasteiger partial charge in [-0.1, -0.05) is 59.0 Å². The monoisotopic (exact) mass is 256 g/mol. The fraction of sp³-hybridized carbons (Fsp3) is 0.867. The van der Waals surface area contributed by atoms with Gasteiger partial charge in [0.1, 0.15) is 10.5 Å². The van der Waals surface area contributed by atoms with E-state index in [-0.39, 0.29) is 5.60 Å². The highest BCUT2D eigenvalue weighted by atomic mass is 28.2.